The fourth-order valence-corrected chi connectivity index (χ4v) is 6.38. The molecule has 2 atom stereocenters. The van der Waals surface area contributed by atoms with Crippen molar-refractivity contribution in [3.05, 3.63) is 92.7 Å². The van der Waals surface area contributed by atoms with E-state index in [1.807, 2.05) is 40.6 Å². The Kier molecular flexibility index (Phi) is 6.88. The van der Waals surface area contributed by atoms with Crippen molar-refractivity contribution in [3.8, 4) is 0 Å². The summed E-state index contributed by atoms with van der Waals surface area (Å²) in [5.74, 6) is -0.414. The molecule has 2 unspecified atom stereocenters. The highest BCUT2D eigenvalue weighted by molar-refractivity contribution is 7.10. The number of fused-ring (bicyclic) bond motifs is 2. The Morgan fingerprint density at radius 3 is 2.56 bits per heavy atom. The van der Waals surface area contributed by atoms with E-state index in [1.54, 1.807) is 17.4 Å². The number of nitrogens with one attached hydrogen (secondary N) is 1. The van der Waals surface area contributed by atoms with Gasteiger partial charge in [0.25, 0.3) is 0 Å². The number of amides is 2. The molecule has 0 saturated heterocycles. The third kappa shape index (κ3) is 4.91. The summed E-state index contributed by atoms with van der Waals surface area (Å²) in [6, 6.07) is 15.5. The first-order chi connectivity index (χ1) is 17.3. The Hall–Kier alpha value is -3.13. The fraction of sp³-hybridized carbons (Fsp3) is 0.357. The first-order valence-corrected chi connectivity index (χ1v) is 13.1. The van der Waals surface area contributed by atoms with E-state index in [-0.39, 0.29) is 36.3 Å². The summed E-state index contributed by atoms with van der Waals surface area (Å²) in [6.45, 7) is 0.587. The highest BCUT2D eigenvalue weighted by atomic mass is 32.1. The maximum Gasteiger partial charge on any atom is 0.416 e. The smallest absolute Gasteiger partial charge is 0.349 e. The Bertz CT molecular complexity index is 1260. The first-order valence-electron chi connectivity index (χ1n) is 12.2. The molecule has 8 heteroatoms. The second-order valence-electron chi connectivity index (χ2n) is 9.33. The molecule has 2 aliphatic rings. The van der Waals surface area contributed by atoms with Gasteiger partial charge >= 0.3 is 6.18 Å². The molecule has 188 valence electrons. The van der Waals surface area contributed by atoms with Crippen LogP contribution < -0.4 is 5.32 Å². The summed E-state index contributed by atoms with van der Waals surface area (Å²) < 4.78 is 40.3. The molecular formula is C28H27F3N2O2S. The normalized spacial score (nSPS) is 19.4. The zero-order valence-corrected chi connectivity index (χ0v) is 20.5. The quantitative estimate of drug-likeness (QED) is 0.442. The summed E-state index contributed by atoms with van der Waals surface area (Å²) in [5.41, 5.74) is 2.34. The molecule has 2 amide bonds. The van der Waals surface area contributed by atoms with E-state index in [9.17, 15) is 22.8 Å². The van der Waals surface area contributed by atoms with E-state index in [2.05, 4.69) is 11.4 Å². The monoisotopic (exact) mass is 512 g/mol. The fourth-order valence-electron chi connectivity index (χ4n) is 5.47. The standard InChI is InChI=1S/C28H27F3N2O2S/c29-28(30,31)22-10-4-9-20-19(22)8-5-11-23(20)32-25(34)12-13-26(35)33-16-14-24-21(15-17-36-24)27(33)18-6-2-1-3-7-18/h1-4,6-7,9-10,15,17,23,27H,5,8,11-14,16H2,(H,32,34). The molecule has 1 aliphatic carbocycles. The Labute approximate surface area is 212 Å². The maximum atomic E-state index is 13.4. The van der Waals surface area contributed by atoms with Crippen LogP contribution in [0.15, 0.2) is 60.0 Å². The van der Waals surface area contributed by atoms with Crippen LogP contribution in [0.4, 0.5) is 13.2 Å². The van der Waals surface area contributed by atoms with Crippen molar-refractivity contribution in [1.82, 2.24) is 10.2 Å². The molecule has 3 aromatic rings. The second kappa shape index (κ2) is 10.1. The van der Waals surface area contributed by atoms with Crippen LogP contribution in [0.25, 0.3) is 0 Å². The molecule has 2 aromatic carbocycles. The topological polar surface area (TPSA) is 49.4 Å². The van der Waals surface area contributed by atoms with Crippen LogP contribution in [0.5, 0.6) is 0 Å². The van der Waals surface area contributed by atoms with E-state index in [4.69, 9.17) is 0 Å². The van der Waals surface area contributed by atoms with E-state index in [0.29, 0.717) is 31.4 Å². The summed E-state index contributed by atoms with van der Waals surface area (Å²) >= 11 is 1.70. The molecule has 0 fully saturated rings. The van der Waals surface area contributed by atoms with Crippen LogP contribution in [-0.4, -0.2) is 23.3 Å². The lowest BCUT2D eigenvalue weighted by atomic mass is 9.84. The summed E-state index contributed by atoms with van der Waals surface area (Å²) in [6.07, 6.45) is -2.09. The van der Waals surface area contributed by atoms with Gasteiger partial charge in [0.1, 0.15) is 0 Å². The Morgan fingerprint density at radius 2 is 1.78 bits per heavy atom. The van der Waals surface area contributed by atoms with Gasteiger partial charge in [0, 0.05) is 24.3 Å². The number of alkyl halides is 3. The predicted octanol–water partition coefficient (Wildman–Crippen LogP) is 6.22. The molecule has 2 heterocycles. The number of hydrogen-bond acceptors (Lipinski definition) is 3. The molecule has 1 aromatic heterocycles. The minimum atomic E-state index is -4.42. The molecule has 0 spiro atoms. The van der Waals surface area contributed by atoms with Crippen molar-refractivity contribution in [2.24, 2.45) is 0 Å². The lowest BCUT2D eigenvalue weighted by Crippen LogP contribution is -2.40. The van der Waals surface area contributed by atoms with Gasteiger partial charge in [-0.05, 0) is 65.4 Å². The molecule has 5 rings (SSSR count). The highest BCUT2D eigenvalue weighted by Gasteiger charge is 2.36. The van der Waals surface area contributed by atoms with Gasteiger partial charge in [-0.2, -0.15) is 13.2 Å². The maximum absolute atomic E-state index is 13.4. The van der Waals surface area contributed by atoms with Gasteiger partial charge < -0.3 is 10.2 Å². The van der Waals surface area contributed by atoms with Crippen LogP contribution in [0.1, 0.15) is 70.5 Å². The van der Waals surface area contributed by atoms with Gasteiger partial charge in [-0.3, -0.25) is 9.59 Å². The number of thiophene rings is 1. The predicted molar refractivity (Wildman–Crippen MR) is 133 cm³/mol. The van der Waals surface area contributed by atoms with Gasteiger partial charge in [0.15, 0.2) is 0 Å². The first kappa shape index (κ1) is 24.6. The number of benzene rings is 2. The lowest BCUT2D eigenvalue weighted by Gasteiger charge is -2.36. The van der Waals surface area contributed by atoms with Crippen molar-refractivity contribution in [1.29, 1.82) is 0 Å². The lowest BCUT2D eigenvalue weighted by molar-refractivity contribution is -0.138. The summed E-state index contributed by atoms with van der Waals surface area (Å²) in [5, 5.41) is 4.94. The van der Waals surface area contributed by atoms with Gasteiger partial charge in [0.05, 0.1) is 17.6 Å². The van der Waals surface area contributed by atoms with Crippen LogP contribution >= 0.6 is 11.3 Å². The number of carbonyl (C=O) groups is 2. The average Bonchev–Trinajstić information content (AvgIpc) is 3.35. The molecular weight excluding hydrogens is 485 g/mol. The zero-order chi connectivity index (χ0) is 25.3. The molecule has 0 radical (unpaired) electrons. The molecule has 1 N–H and O–H groups in total. The van der Waals surface area contributed by atoms with E-state index >= 15 is 0 Å². The van der Waals surface area contributed by atoms with Crippen molar-refractivity contribution in [3.63, 3.8) is 0 Å². The van der Waals surface area contributed by atoms with Crippen molar-refractivity contribution in [2.45, 2.75) is 56.8 Å². The van der Waals surface area contributed by atoms with E-state index in [1.165, 1.54) is 10.9 Å². The molecule has 4 nitrogen and oxygen atoms in total. The largest absolute Gasteiger partial charge is 0.416 e. The average molecular weight is 513 g/mol. The second-order valence-corrected chi connectivity index (χ2v) is 10.3. The summed E-state index contributed by atoms with van der Waals surface area (Å²) in [7, 11) is 0. The summed E-state index contributed by atoms with van der Waals surface area (Å²) in [4.78, 5) is 29.2. The minimum absolute atomic E-state index is 0.00185. The van der Waals surface area contributed by atoms with Crippen LogP contribution in [0, 0.1) is 0 Å². The van der Waals surface area contributed by atoms with Crippen molar-refractivity contribution in [2.75, 3.05) is 6.54 Å². The SMILES string of the molecule is O=C(CCC(=O)N1CCc2sccc2C1c1ccccc1)NC1CCCc2c1cccc2C(F)(F)F. The number of nitrogens with zero attached hydrogens (tertiary/aromatic N) is 1. The zero-order valence-electron chi connectivity index (χ0n) is 19.7. The van der Waals surface area contributed by atoms with E-state index in [0.717, 1.165) is 23.6 Å². The van der Waals surface area contributed by atoms with Gasteiger partial charge in [-0.25, -0.2) is 0 Å². The number of carbonyl (C=O) groups excluding carboxylic acids is 2. The van der Waals surface area contributed by atoms with E-state index < -0.39 is 17.8 Å². The van der Waals surface area contributed by atoms with Crippen molar-refractivity contribution >= 4 is 23.2 Å². The highest BCUT2D eigenvalue weighted by Crippen LogP contribution is 2.40. The van der Waals surface area contributed by atoms with Gasteiger partial charge in [0.2, 0.25) is 11.8 Å². The third-order valence-electron chi connectivity index (χ3n) is 7.12. The molecule has 0 saturated carbocycles. The van der Waals surface area contributed by atoms with Crippen LogP contribution in [0.3, 0.4) is 0 Å². The third-order valence-corrected chi connectivity index (χ3v) is 8.11. The molecule has 0 bridgehead atoms. The van der Waals surface area contributed by atoms with Gasteiger partial charge in [-0.15, -0.1) is 11.3 Å². The van der Waals surface area contributed by atoms with Crippen molar-refractivity contribution < 1.29 is 22.8 Å². The Balaban J connectivity index is 1.26. The van der Waals surface area contributed by atoms with Crippen LogP contribution in [0.2, 0.25) is 0 Å². The van der Waals surface area contributed by atoms with Gasteiger partial charge in [-0.1, -0.05) is 42.5 Å². The number of halogens is 3. The molecule has 36 heavy (non-hydrogen) atoms. The number of hydrogen-bond donors (Lipinski definition) is 1. The molecule has 1 aliphatic heterocycles. The minimum Gasteiger partial charge on any atom is -0.349 e. The Morgan fingerprint density at radius 1 is 0.972 bits per heavy atom. The number of rotatable bonds is 5. The van der Waals surface area contributed by atoms with Crippen LogP contribution in [-0.2, 0) is 28.6 Å².